The maximum Gasteiger partial charge on any atom is 0.449 e. The van der Waals surface area contributed by atoms with Crippen molar-refractivity contribution >= 4 is 5.78 Å². The summed E-state index contributed by atoms with van der Waals surface area (Å²) >= 11 is 0. The van der Waals surface area contributed by atoms with Crippen LogP contribution in [0.5, 0.6) is 0 Å². The fourth-order valence-corrected chi connectivity index (χ4v) is 1.03. The van der Waals surface area contributed by atoms with Gasteiger partial charge in [-0.2, -0.15) is 13.2 Å². The standard InChI is InChI=1S/C8H13F3O/c1-3-4-6(2)5-7(12)8(9,10)11/h6H,3-5H2,1-2H3/t6-/m0/s1. The minimum atomic E-state index is -4.65. The van der Waals surface area contributed by atoms with Gasteiger partial charge in [-0.15, -0.1) is 0 Å². The Morgan fingerprint density at radius 3 is 2.25 bits per heavy atom. The van der Waals surface area contributed by atoms with Gasteiger partial charge in [-0.05, 0) is 5.92 Å². The summed E-state index contributed by atoms with van der Waals surface area (Å²) < 4.78 is 35.1. The normalized spacial score (nSPS) is 14.4. The molecule has 0 aliphatic carbocycles. The molecule has 0 saturated heterocycles. The topological polar surface area (TPSA) is 17.1 Å². The second-order valence-corrected chi connectivity index (χ2v) is 3.02. The van der Waals surface area contributed by atoms with Crippen molar-refractivity contribution in [3.63, 3.8) is 0 Å². The summed E-state index contributed by atoms with van der Waals surface area (Å²) in [4.78, 5) is 10.4. The molecule has 0 rings (SSSR count). The molecule has 0 aromatic carbocycles. The maximum absolute atomic E-state index is 11.7. The zero-order valence-electron chi connectivity index (χ0n) is 7.24. The predicted molar refractivity (Wildman–Crippen MR) is 39.8 cm³/mol. The van der Waals surface area contributed by atoms with E-state index in [2.05, 4.69) is 0 Å². The number of alkyl halides is 3. The van der Waals surface area contributed by atoms with Gasteiger partial charge >= 0.3 is 6.18 Å². The monoisotopic (exact) mass is 182 g/mol. The van der Waals surface area contributed by atoms with E-state index in [-0.39, 0.29) is 12.3 Å². The zero-order chi connectivity index (χ0) is 9.78. The summed E-state index contributed by atoms with van der Waals surface area (Å²) in [5.74, 6) is -1.77. The molecular weight excluding hydrogens is 169 g/mol. The lowest BCUT2D eigenvalue weighted by Crippen LogP contribution is -2.24. The molecule has 0 aliphatic rings. The number of hydrogen-bond acceptors (Lipinski definition) is 1. The van der Waals surface area contributed by atoms with Gasteiger partial charge in [0.25, 0.3) is 0 Å². The zero-order valence-corrected chi connectivity index (χ0v) is 7.24. The first kappa shape index (κ1) is 11.5. The Bertz CT molecular complexity index is 151. The molecule has 4 heteroatoms. The third-order valence-electron chi connectivity index (χ3n) is 1.63. The maximum atomic E-state index is 11.7. The summed E-state index contributed by atoms with van der Waals surface area (Å²) in [6.45, 7) is 3.54. The third kappa shape index (κ3) is 4.36. The number of ketones is 1. The number of rotatable bonds is 4. The Hall–Kier alpha value is -0.540. The minimum Gasteiger partial charge on any atom is -0.290 e. The molecule has 0 aromatic heterocycles. The number of Topliss-reactive ketones (excluding diaryl/α,β-unsaturated/α-hetero) is 1. The highest BCUT2D eigenvalue weighted by atomic mass is 19.4. The van der Waals surface area contributed by atoms with Crippen LogP contribution in [0.15, 0.2) is 0 Å². The van der Waals surface area contributed by atoms with E-state index in [1.54, 1.807) is 6.92 Å². The fourth-order valence-electron chi connectivity index (χ4n) is 1.03. The molecule has 12 heavy (non-hydrogen) atoms. The van der Waals surface area contributed by atoms with Crippen molar-refractivity contribution in [2.45, 2.75) is 39.3 Å². The molecule has 0 spiro atoms. The number of carbonyl (C=O) groups is 1. The second kappa shape index (κ2) is 4.48. The SMILES string of the molecule is CCC[C@H](C)CC(=O)C(F)(F)F. The molecule has 0 aliphatic heterocycles. The van der Waals surface area contributed by atoms with E-state index in [4.69, 9.17) is 0 Å². The lowest BCUT2D eigenvalue weighted by atomic mass is 9.99. The molecule has 0 N–H and O–H groups in total. The van der Waals surface area contributed by atoms with E-state index in [9.17, 15) is 18.0 Å². The molecule has 0 aromatic rings. The van der Waals surface area contributed by atoms with Gasteiger partial charge in [0, 0.05) is 6.42 Å². The van der Waals surface area contributed by atoms with E-state index in [0.717, 1.165) is 6.42 Å². The van der Waals surface area contributed by atoms with Crippen LogP contribution in [0, 0.1) is 5.92 Å². The van der Waals surface area contributed by atoms with Crippen molar-refractivity contribution in [2.75, 3.05) is 0 Å². The highest BCUT2D eigenvalue weighted by Gasteiger charge is 2.38. The molecule has 72 valence electrons. The van der Waals surface area contributed by atoms with Crippen LogP contribution in [0.2, 0.25) is 0 Å². The highest BCUT2D eigenvalue weighted by molar-refractivity contribution is 5.84. The van der Waals surface area contributed by atoms with Gasteiger partial charge in [0.05, 0.1) is 0 Å². The quantitative estimate of drug-likeness (QED) is 0.653. The van der Waals surface area contributed by atoms with E-state index in [0.29, 0.717) is 6.42 Å². The van der Waals surface area contributed by atoms with Crippen LogP contribution in [0.25, 0.3) is 0 Å². The van der Waals surface area contributed by atoms with Gasteiger partial charge in [-0.1, -0.05) is 26.7 Å². The molecular formula is C8H13F3O. The summed E-state index contributed by atoms with van der Waals surface area (Å²) in [5, 5.41) is 0. The first-order valence-corrected chi connectivity index (χ1v) is 3.98. The molecule has 0 fully saturated rings. The average molecular weight is 182 g/mol. The van der Waals surface area contributed by atoms with Crippen molar-refractivity contribution in [2.24, 2.45) is 5.92 Å². The number of halogens is 3. The van der Waals surface area contributed by atoms with E-state index in [1.807, 2.05) is 6.92 Å². The van der Waals surface area contributed by atoms with Crippen molar-refractivity contribution in [1.82, 2.24) is 0 Å². The van der Waals surface area contributed by atoms with Crippen molar-refractivity contribution in [3.05, 3.63) is 0 Å². The molecule has 0 amide bonds. The van der Waals surface area contributed by atoms with Crippen LogP contribution in [0.4, 0.5) is 13.2 Å². The van der Waals surface area contributed by atoms with Gasteiger partial charge in [0.15, 0.2) is 0 Å². The Morgan fingerprint density at radius 2 is 1.92 bits per heavy atom. The molecule has 1 atom stereocenters. The van der Waals surface area contributed by atoms with E-state index >= 15 is 0 Å². The predicted octanol–water partition coefficient (Wildman–Crippen LogP) is 2.94. The lowest BCUT2D eigenvalue weighted by molar-refractivity contribution is -0.172. The van der Waals surface area contributed by atoms with Gasteiger partial charge in [0.1, 0.15) is 0 Å². The molecule has 0 unspecified atom stereocenters. The summed E-state index contributed by atoms with van der Waals surface area (Å²) in [6.07, 6.45) is -3.55. The highest BCUT2D eigenvalue weighted by Crippen LogP contribution is 2.22. The van der Waals surface area contributed by atoms with Gasteiger partial charge in [0.2, 0.25) is 5.78 Å². The first-order chi connectivity index (χ1) is 5.38. The number of hydrogen-bond donors (Lipinski definition) is 0. The molecule has 0 bridgehead atoms. The largest absolute Gasteiger partial charge is 0.449 e. The summed E-state index contributed by atoms with van der Waals surface area (Å²) in [7, 11) is 0. The third-order valence-corrected chi connectivity index (χ3v) is 1.63. The van der Waals surface area contributed by atoms with Crippen LogP contribution in [0.1, 0.15) is 33.1 Å². The molecule has 0 heterocycles. The Labute approximate surface area is 70.0 Å². The van der Waals surface area contributed by atoms with E-state index in [1.165, 1.54) is 0 Å². The average Bonchev–Trinajstić information content (AvgIpc) is 1.85. The fraction of sp³-hybridized carbons (Fsp3) is 0.875. The second-order valence-electron chi connectivity index (χ2n) is 3.02. The van der Waals surface area contributed by atoms with Crippen LogP contribution >= 0.6 is 0 Å². The van der Waals surface area contributed by atoms with Crippen molar-refractivity contribution in [3.8, 4) is 0 Å². The molecule has 0 radical (unpaired) electrons. The van der Waals surface area contributed by atoms with Crippen LogP contribution in [-0.2, 0) is 4.79 Å². The molecule has 0 saturated carbocycles. The van der Waals surface area contributed by atoms with Gasteiger partial charge in [-0.25, -0.2) is 0 Å². The van der Waals surface area contributed by atoms with Gasteiger partial charge in [-0.3, -0.25) is 4.79 Å². The van der Waals surface area contributed by atoms with Crippen LogP contribution in [0.3, 0.4) is 0 Å². The summed E-state index contributed by atoms with van der Waals surface area (Å²) in [5.41, 5.74) is 0. The smallest absolute Gasteiger partial charge is 0.290 e. The minimum absolute atomic E-state index is 0.163. The molecule has 1 nitrogen and oxygen atoms in total. The van der Waals surface area contributed by atoms with E-state index < -0.39 is 12.0 Å². The van der Waals surface area contributed by atoms with Crippen molar-refractivity contribution in [1.29, 1.82) is 0 Å². The van der Waals surface area contributed by atoms with Crippen LogP contribution in [-0.4, -0.2) is 12.0 Å². The van der Waals surface area contributed by atoms with Crippen molar-refractivity contribution < 1.29 is 18.0 Å². The van der Waals surface area contributed by atoms with Gasteiger partial charge < -0.3 is 0 Å². The lowest BCUT2D eigenvalue weighted by Gasteiger charge is -2.10. The Morgan fingerprint density at radius 1 is 1.42 bits per heavy atom. The van der Waals surface area contributed by atoms with Crippen LogP contribution < -0.4 is 0 Å². The summed E-state index contributed by atoms with van der Waals surface area (Å²) in [6, 6.07) is 0. The Balaban J connectivity index is 3.85. The number of carbonyl (C=O) groups excluding carboxylic acids is 1. The Kier molecular flexibility index (Phi) is 4.28. The first-order valence-electron chi connectivity index (χ1n) is 3.98.